The molecule has 2 aromatic heterocycles. The summed E-state index contributed by atoms with van der Waals surface area (Å²) < 4.78 is 53.7. The first-order chi connectivity index (χ1) is 18.6. The maximum Gasteiger partial charge on any atom is 0.281 e. The van der Waals surface area contributed by atoms with Crippen LogP contribution in [-0.2, 0) is 10.0 Å². The third-order valence-corrected chi connectivity index (χ3v) is 7.52. The quantitative estimate of drug-likeness (QED) is 0.357. The van der Waals surface area contributed by atoms with Gasteiger partial charge in [-0.25, -0.2) is 19.1 Å². The van der Waals surface area contributed by atoms with Gasteiger partial charge in [0, 0.05) is 11.6 Å². The molecule has 11 heteroatoms. The van der Waals surface area contributed by atoms with Crippen LogP contribution in [0.1, 0.15) is 56.3 Å². The molecule has 3 aromatic rings. The number of carbonyl (C=O) groups is 1. The Bertz CT molecular complexity index is 1430. The molecule has 0 unspecified atom stereocenters. The summed E-state index contributed by atoms with van der Waals surface area (Å²) in [5.41, 5.74) is 6.31. The summed E-state index contributed by atoms with van der Waals surface area (Å²) in [6, 6.07) is 11.3. The zero-order valence-corrected chi connectivity index (χ0v) is 22.8. The summed E-state index contributed by atoms with van der Waals surface area (Å²) in [6.07, 6.45) is 5.37. The number of anilines is 1. The van der Waals surface area contributed by atoms with E-state index >= 15 is 0 Å². The molecule has 2 heterocycles. The van der Waals surface area contributed by atoms with Crippen molar-refractivity contribution in [3.8, 4) is 22.9 Å². The highest BCUT2D eigenvalue weighted by molar-refractivity contribution is 7.90. The smallest absolute Gasteiger partial charge is 0.281 e. The highest BCUT2D eigenvalue weighted by Crippen LogP contribution is 2.30. The monoisotopic (exact) mass is 556 g/mol. The fourth-order valence-corrected chi connectivity index (χ4v) is 5.24. The van der Waals surface area contributed by atoms with Gasteiger partial charge in [0.15, 0.2) is 5.03 Å². The van der Waals surface area contributed by atoms with Crippen molar-refractivity contribution in [2.75, 3.05) is 18.9 Å². The molecule has 39 heavy (non-hydrogen) atoms. The normalized spacial score (nSPS) is 14.3. The van der Waals surface area contributed by atoms with Crippen LogP contribution >= 0.6 is 0 Å². The second-order valence-corrected chi connectivity index (χ2v) is 11.7. The van der Waals surface area contributed by atoms with Gasteiger partial charge in [0.2, 0.25) is 5.88 Å². The third-order valence-electron chi connectivity index (χ3n) is 6.28. The molecule has 3 N–H and O–H groups in total. The minimum Gasteiger partial charge on any atom is -0.493 e. The van der Waals surface area contributed by atoms with Gasteiger partial charge in [-0.2, -0.15) is 8.42 Å². The van der Waals surface area contributed by atoms with E-state index in [9.17, 15) is 17.6 Å². The number of carbonyl (C=O) groups excluding carboxylic acids is 1. The van der Waals surface area contributed by atoms with Gasteiger partial charge in [0.25, 0.3) is 15.9 Å². The number of ether oxygens (including phenoxy) is 2. The number of nitrogens with one attached hydrogen (secondary N) is 1. The summed E-state index contributed by atoms with van der Waals surface area (Å²) in [7, 11) is -4.31. The van der Waals surface area contributed by atoms with Crippen LogP contribution in [0.25, 0.3) is 11.3 Å². The molecule has 0 bridgehead atoms. The van der Waals surface area contributed by atoms with E-state index in [4.69, 9.17) is 15.2 Å². The van der Waals surface area contributed by atoms with Gasteiger partial charge in [0.05, 0.1) is 18.9 Å². The number of rotatable bonds is 10. The SMILES string of the molecule is CC(C)COc1cc(F)cc(-c2ccc(C(=O)NS(=O)(=O)c3cccc(N)n3)c(OCC3CCCCC3)n2)c1. The molecule has 1 amide bonds. The van der Waals surface area contributed by atoms with Crippen molar-refractivity contribution in [2.45, 2.75) is 51.0 Å². The second kappa shape index (κ2) is 12.4. The Morgan fingerprint density at radius 2 is 1.85 bits per heavy atom. The van der Waals surface area contributed by atoms with Crippen LogP contribution < -0.4 is 19.9 Å². The van der Waals surface area contributed by atoms with Gasteiger partial charge in [-0.3, -0.25) is 4.79 Å². The molecule has 1 aliphatic carbocycles. The highest BCUT2D eigenvalue weighted by Gasteiger charge is 2.25. The van der Waals surface area contributed by atoms with E-state index in [1.165, 1.54) is 48.9 Å². The standard InChI is InChI=1S/C28H33FN4O5S/c1-18(2)16-37-22-14-20(13-21(29)15-22)24-12-11-23(28(31-24)38-17-19-7-4-3-5-8-19)27(34)33-39(35,36)26-10-6-9-25(30)32-26/h6,9-15,18-19H,3-5,7-8,16-17H2,1-2H3,(H2,30,32)(H,33,34). The number of nitrogen functional groups attached to an aromatic ring is 1. The van der Waals surface area contributed by atoms with Crippen LogP contribution in [0.5, 0.6) is 11.6 Å². The van der Waals surface area contributed by atoms with Crippen molar-refractivity contribution < 1.29 is 27.1 Å². The first kappa shape index (κ1) is 28.3. The Balaban J connectivity index is 1.65. The molecule has 9 nitrogen and oxygen atoms in total. The van der Waals surface area contributed by atoms with Gasteiger partial charge in [0.1, 0.15) is 22.9 Å². The minimum absolute atomic E-state index is 0.000292. The average molecular weight is 557 g/mol. The number of sulfonamides is 1. The highest BCUT2D eigenvalue weighted by atomic mass is 32.2. The number of pyridine rings is 2. The second-order valence-electron chi connectivity index (χ2n) is 10.1. The Morgan fingerprint density at radius 3 is 2.56 bits per heavy atom. The molecule has 4 rings (SSSR count). The summed E-state index contributed by atoms with van der Waals surface area (Å²) in [5, 5.41) is -0.390. The van der Waals surface area contributed by atoms with Crippen LogP contribution in [0, 0.1) is 17.7 Å². The van der Waals surface area contributed by atoms with Crippen molar-refractivity contribution in [3.63, 3.8) is 0 Å². The molecule has 1 saturated carbocycles. The lowest BCUT2D eigenvalue weighted by molar-refractivity contribution is 0.0974. The molecule has 1 aliphatic rings. The van der Waals surface area contributed by atoms with Gasteiger partial charge in [-0.05, 0) is 61.1 Å². The molecule has 1 fully saturated rings. The fraction of sp³-hybridized carbons (Fsp3) is 0.393. The zero-order chi connectivity index (χ0) is 28.0. The molecule has 0 radical (unpaired) electrons. The van der Waals surface area contributed by atoms with E-state index in [0.717, 1.165) is 25.7 Å². The van der Waals surface area contributed by atoms with Crippen molar-refractivity contribution >= 4 is 21.7 Å². The number of hydrogen-bond donors (Lipinski definition) is 2. The molecule has 0 saturated heterocycles. The number of aromatic nitrogens is 2. The molecule has 0 spiro atoms. The zero-order valence-electron chi connectivity index (χ0n) is 22.0. The number of nitrogens with two attached hydrogens (primary N) is 1. The largest absolute Gasteiger partial charge is 0.493 e. The van der Waals surface area contributed by atoms with E-state index < -0.39 is 26.8 Å². The van der Waals surface area contributed by atoms with Crippen molar-refractivity contribution in [2.24, 2.45) is 11.8 Å². The molecule has 208 valence electrons. The van der Waals surface area contributed by atoms with E-state index in [2.05, 4.69) is 9.97 Å². The van der Waals surface area contributed by atoms with E-state index in [0.29, 0.717) is 36.1 Å². The van der Waals surface area contributed by atoms with Gasteiger partial charge in [-0.15, -0.1) is 0 Å². The average Bonchev–Trinajstić information content (AvgIpc) is 2.90. The molecule has 0 atom stereocenters. The molecule has 1 aromatic carbocycles. The molecular weight excluding hydrogens is 523 g/mol. The Morgan fingerprint density at radius 1 is 1.08 bits per heavy atom. The van der Waals surface area contributed by atoms with Gasteiger partial charge < -0.3 is 15.2 Å². The first-order valence-electron chi connectivity index (χ1n) is 13.0. The maximum absolute atomic E-state index is 14.4. The number of nitrogens with zero attached hydrogens (tertiary/aromatic N) is 2. The lowest BCUT2D eigenvalue weighted by atomic mass is 9.90. The van der Waals surface area contributed by atoms with Crippen LogP contribution in [-0.4, -0.2) is 37.5 Å². The van der Waals surface area contributed by atoms with Crippen LogP contribution in [0.15, 0.2) is 53.6 Å². The predicted octanol–water partition coefficient (Wildman–Crippen LogP) is 4.98. The third kappa shape index (κ3) is 7.66. The van der Waals surface area contributed by atoms with Gasteiger partial charge in [-0.1, -0.05) is 39.2 Å². The van der Waals surface area contributed by atoms with Gasteiger partial charge >= 0.3 is 0 Å². The Kier molecular flexibility index (Phi) is 9.01. The van der Waals surface area contributed by atoms with Crippen molar-refractivity contribution in [1.82, 2.24) is 14.7 Å². The number of amides is 1. The summed E-state index contributed by atoms with van der Waals surface area (Å²) in [6.45, 7) is 4.72. The molecule has 0 aliphatic heterocycles. The van der Waals surface area contributed by atoms with Crippen LogP contribution in [0.2, 0.25) is 0 Å². The number of hydrogen-bond acceptors (Lipinski definition) is 8. The van der Waals surface area contributed by atoms with Crippen LogP contribution in [0.4, 0.5) is 10.2 Å². The Labute approximate surface area is 228 Å². The van der Waals surface area contributed by atoms with Crippen molar-refractivity contribution in [1.29, 1.82) is 0 Å². The fourth-order valence-electron chi connectivity index (χ4n) is 4.30. The minimum atomic E-state index is -4.31. The maximum atomic E-state index is 14.4. The molecular formula is C28H33FN4O5S. The topological polar surface area (TPSA) is 134 Å². The first-order valence-corrected chi connectivity index (χ1v) is 14.5. The lowest BCUT2D eigenvalue weighted by Crippen LogP contribution is -2.32. The number of halogens is 1. The van der Waals surface area contributed by atoms with Crippen molar-refractivity contribution in [3.05, 3.63) is 59.9 Å². The van der Waals surface area contributed by atoms with E-state index in [-0.39, 0.29) is 23.2 Å². The Hall–Kier alpha value is -3.73. The van der Waals surface area contributed by atoms with Crippen LogP contribution in [0.3, 0.4) is 0 Å². The van der Waals surface area contributed by atoms with E-state index in [1.807, 2.05) is 18.6 Å². The summed E-state index contributed by atoms with van der Waals surface area (Å²) in [5.74, 6) is -0.568. The lowest BCUT2D eigenvalue weighted by Gasteiger charge is -2.22. The van der Waals surface area contributed by atoms with E-state index in [1.54, 1.807) is 6.07 Å². The number of benzene rings is 1. The summed E-state index contributed by atoms with van der Waals surface area (Å²) in [4.78, 5) is 21.4. The summed E-state index contributed by atoms with van der Waals surface area (Å²) >= 11 is 0. The predicted molar refractivity (Wildman–Crippen MR) is 145 cm³/mol.